The second-order valence-electron chi connectivity index (χ2n) is 7.26. The van der Waals surface area contributed by atoms with Crippen molar-refractivity contribution >= 4 is 0 Å². The van der Waals surface area contributed by atoms with Crippen LogP contribution in [0.4, 0.5) is 0 Å². The predicted molar refractivity (Wildman–Crippen MR) is 89.4 cm³/mol. The molecule has 1 aliphatic heterocycles. The van der Waals surface area contributed by atoms with Gasteiger partial charge in [-0.05, 0) is 42.2 Å². The molecule has 1 aromatic rings. The van der Waals surface area contributed by atoms with Crippen molar-refractivity contribution in [2.24, 2.45) is 11.8 Å². The molecule has 1 saturated heterocycles. The van der Waals surface area contributed by atoms with Crippen LogP contribution in [-0.2, 0) is 13.0 Å². The average Bonchev–Trinajstić information content (AvgIpc) is 3.32. The van der Waals surface area contributed by atoms with E-state index >= 15 is 0 Å². The van der Waals surface area contributed by atoms with Crippen molar-refractivity contribution in [3.8, 4) is 0 Å². The molecule has 0 bridgehead atoms. The summed E-state index contributed by atoms with van der Waals surface area (Å²) >= 11 is 0. The lowest BCUT2D eigenvalue weighted by molar-refractivity contribution is 0.0926. The average molecular weight is 286 g/mol. The summed E-state index contributed by atoms with van der Waals surface area (Å²) in [6, 6.07) is 10.7. The molecule has 1 N–H and O–H groups in total. The van der Waals surface area contributed by atoms with Crippen molar-refractivity contribution in [1.29, 1.82) is 0 Å². The fourth-order valence-electron chi connectivity index (χ4n) is 3.54. The van der Waals surface area contributed by atoms with Crippen LogP contribution in [-0.4, -0.2) is 30.1 Å². The monoisotopic (exact) mass is 286 g/mol. The van der Waals surface area contributed by atoms with Crippen LogP contribution in [0.15, 0.2) is 24.3 Å². The van der Waals surface area contributed by atoms with Gasteiger partial charge in [0.1, 0.15) is 0 Å². The Hall–Kier alpha value is -0.860. The van der Waals surface area contributed by atoms with Gasteiger partial charge in [-0.15, -0.1) is 0 Å². The fourth-order valence-corrected chi connectivity index (χ4v) is 3.54. The van der Waals surface area contributed by atoms with Crippen LogP contribution >= 0.6 is 0 Å². The van der Waals surface area contributed by atoms with Gasteiger partial charge in [0.05, 0.1) is 0 Å². The van der Waals surface area contributed by atoms with E-state index in [1.165, 1.54) is 37.1 Å². The summed E-state index contributed by atoms with van der Waals surface area (Å²) in [5, 5.41) is 3.78. The molecule has 2 atom stereocenters. The van der Waals surface area contributed by atoms with Gasteiger partial charge >= 0.3 is 0 Å². The summed E-state index contributed by atoms with van der Waals surface area (Å²) in [6.45, 7) is 10.4. The van der Waals surface area contributed by atoms with Crippen LogP contribution in [0.1, 0.15) is 44.7 Å². The molecule has 1 heterocycles. The van der Waals surface area contributed by atoms with E-state index < -0.39 is 0 Å². The Bertz CT molecular complexity index is 447. The molecule has 2 heteroatoms. The Kier molecular flexibility index (Phi) is 4.66. The van der Waals surface area contributed by atoms with Crippen molar-refractivity contribution in [1.82, 2.24) is 10.2 Å². The number of hydrogen-bond donors (Lipinski definition) is 1. The quantitative estimate of drug-likeness (QED) is 0.892. The van der Waals surface area contributed by atoms with E-state index in [1.54, 1.807) is 0 Å². The molecule has 0 spiro atoms. The first-order valence-corrected chi connectivity index (χ1v) is 8.72. The summed E-state index contributed by atoms with van der Waals surface area (Å²) in [7, 11) is 0. The third kappa shape index (κ3) is 3.67. The number of rotatable bonds is 5. The van der Waals surface area contributed by atoms with E-state index in [1.807, 2.05) is 0 Å². The van der Waals surface area contributed by atoms with Gasteiger partial charge in [-0.25, -0.2) is 0 Å². The molecule has 2 fully saturated rings. The molecule has 1 aliphatic carbocycles. The normalized spacial score (nSPS) is 27.2. The molecule has 2 nitrogen and oxygen atoms in total. The Morgan fingerprint density at radius 2 is 1.81 bits per heavy atom. The highest BCUT2D eigenvalue weighted by Gasteiger charge is 2.39. The van der Waals surface area contributed by atoms with Gasteiger partial charge in [0.2, 0.25) is 0 Å². The van der Waals surface area contributed by atoms with E-state index in [4.69, 9.17) is 0 Å². The molecule has 2 unspecified atom stereocenters. The summed E-state index contributed by atoms with van der Waals surface area (Å²) in [4.78, 5) is 2.75. The van der Waals surface area contributed by atoms with Gasteiger partial charge in [0.25, 0.3) is 0 Å². The second-order valence-corrected chi connectivity index (χ2v) is 7.26. The first kappa shape index (κ1) is 15.1. The minimum atomic E-state index is 0.648. The van der Waals surface area contributed by atoms with Crippen LogP contribution in [0, 0.1) is 11.8 Å². The first-order valence-electron chi connectivity index (χ1n) is 8.72. The number of hydrogen-bond acceptors (Lipinski definition) is 2. The van der Waals surface area contributed by atoms with Crippen LogP contribution in [0.3, 0.4) is 0 Å². The zero-order valence-electron chi connectivity index (χ0n) is 13.8. The van der Waals surface area contributed by atoms with Gasteiger partial charge < -0.3 is 5.32 Å². The zero-order valence-corrected chi connectivity index (χ0v) is 13.8. The summed E-state index contributed by atoms with van der Waals surface area (Å²) in [5.74, 6) is 1.66. The number of nitrogens with zero attached hydrogens (tertiary/aromatic N) is 1. The van der Waals surface area contributed by atoms with Gasteiger partial charge in [-0.2, -0.15) is 0 Å². The lowest BCUT2D eigenvalue weighted by atomic mass is 9.97. The van der Waals surface area contributed by atoms with E-state index in [2.05, 4.69) is 55.3 Å². The number of nitrogens with one attached hydrogen (secondary N) is 1. The van der Waals surface area contributed by atoms with E-state index in [9.17, 15) is 0 Å². The molecule has 0 amide bonds. The number of piperazine rings is 1. The highest BCUT2D eigenvalue weighted by atomic mass is 15.2. The molecule has 3 rings (SSSR count). The standard InChI is InChI=1S/C19H30N2/c1-4-15-5-7-16(8-6-15)12-21-13-18(14(2)3)20-11-19(21)17-9-10-17/h5-8,14,17-20H,4,9-13H2,1-3H3. The van der Waals surface area contributed by atoms with Crippen molar-refractivity contribution in [3.05, 3.63) is 35.4 Å². The fraction of sp³-hybridized carbons (Fsp3) is 0.684. The van der Waals surface area contributed by atoms with Crippen LogP contribution in [0.5, 0.6) is 0 Å². The van der Waals surface area contributed by atoms with Gasteiger partial charge in [0.15, 0.2) is 0 Å². The van der Waals surface area contributed by atoms with Gasteiger partial charge in [0, 0.05) is 31.7 Å². The van der Waals surface area contributed by atoms with Gasteiger partial charge in [-0.1, -0.05) is 45.0 Å². The van der Waals surface area contributed by atoms with Crippen LogP contribution in [0.2, 0.25) is 0 Å². The Morgan fingerprint density at radius 3 is 2.38 bits per heavy atom. The minimum Gasteiger partial charge on any atom is -0.311 e. The molecular formula is C19H30N2. The van der Waals surface area contributed by atoms with Crippen molar-refractivity contribution in [3.63, 3.8) is 0 Å². The minimum absolute atomic E-state index is 0.648. The Morgan fingerprint density at radius 1 is 1.14 bits per heavy atom. The third-order valence-electron chi connectivity index (χ3n) is 5.28. The molecule has 0 radical (unpaired) electrons. The highest BCUT2D eigenvalue weighted by Crippen LogP contribution is 2.37. The SMILES string of the molecule is CCc1ccc(CN2CC(C(C)C)NCC2C2CC2)cc1. The molecule has 2 aliphatic rings. The van der Waals surface area contributed by atoms with Crippen molar-refractivity contribution in [2.45, 2.75) is 58.7 Å². The predicted octanol–water partition coefficient (Wildman–Crippen LogP) is 3.46. The molecule has 21 heavy (non-hydrogen) atoms. The lowest BCUT2D eigenvalue weighted by Crippen LogP contribution is -2.58. The van der Waals surface area contributed by atoms with Crippen molar-refractivity contribution < 1.29 is 0 Å². The highest BCUT2D eigenvalue weighted by molar-refractivity contribution is 5.22. The maximum atomic E-state index is 3.78. The number of benzene rings is 1. The number of aryl methyl sites for hydroxylation is 1. The van der Waals surface area contributed by atoms with E-state index in [0.29, 0.717) is 6.04 Å². The smallest absolute Gasteiger partial charge is 0.0253 e. The zero-order chi connectivity index (χ0) is 14.8. The van der Waals surface area contributed by atoms with Crippen LogP contribution in [0.25, 0.3) is 0 Å². The lowest BCUT2D eigenvalue weighted by Gasteiger charge is -2.42. The van der Waals surface area contributed by atoms with Crippen molar-refractivity contribution in [2.75, 3.05) is 13.1 Å². The first-order chi connectivity index (χ1) is 10.2. The maximum Gasteiger partial charge on any atom is 0.0253 e. The summed E-state index contributed by atoms with van der Waals surface area (Å²) in [5.41, 5.74) is 2.92. The maximum absolute atomic E-state index is 3.78. The Labute approximate surface area is 129 Å². The Balaban J connectivity index is 1.68. The molecule has 1 aromatic carbocycles. The largest absolute Gasteiger partial charge is 0.311 e. The van der Waals surface area contributed by atoms with Gasteiger partial charge in [-0.3, -0.25) is 4.90 Å². The molecule has 0 aromatic heterocycles. The summed E-state index contributed by atoms with van der Waals surface area (Å²) in [6.07, 6.45) is 4.00. The van der Waals surface area contributed by atoms with E-state index in [-0.39, 0.29) is 0 Å². The van der Waals surface area contributed by atoms with Crippen LogP contribution < -0.4 is 5.32 Å². The third-order valence-corrected chi connectivity index (χ3v) is 5.28. The van der Waals surface area contributed by atoms with E-state index in [0.717, 1.165) is 30.8 Å². The molecule has 1 saturated carbocycles. The summed E-state index contributed by atoms with van der Waals surface area (Å²) < 4.78 is 0. The molecular weight excluding hydrogens is 256 g/mol. The molecule has 116 valence electrons. The topological polar surface area (TPSA) is 15.3 Å². The second kappa shape index (κ2) is 6.50.